The van der Waals surface area contributed by atoms with Crippen LogP contribution in [-0.4, -0.2) is 109 Å². The molecule has 4 rings (SSSR count). The van der Waals surface area contributed by atoms with Crippen LogP contribution in [0.2, 0.25) is 0 Å². The van der Waals surface area contributed by atoms with E-state index in [1.165, 1.54) is 32.4 Å². The molecule has 0 unspecified atom stereocenters. The van der Waals surface area contributed by atoms with Crippen molar-refractivity contribution in [2.75, 3.05) is 40.6 Å². The van der Waals surface area contributed by atoms with Gasteiger partial charge in [-0.25, -0.2) is 4.79 Å². The number of hydrogen-bond acceptors (Lipinski definition) is 13. The fraction of sp³-hybridized carbons (Fsp3) is 0.556. The summed E-state index contributed by atoms with van der Waals surface area (Å²) in [7, 11) is 2.73. The summed E-state index contributed by atoms with van der Waals surface area (Å²) >= 11 is 0. The molecule has 8 atom stereocenters. The lowest BCUT2D eigenvalue weighted by Crippen LogP contribution is -2.59. The fourth-order valence-corrected chi connectivity index (χ4v) is 5.16. The second-order valence-corrected chi connectivity index (χ2v) is 9.77. The maximum Gasteiger partial charge on any atom is 0.330 e. The van der Waals surface area contributed by atoms with Crippen molar-refractivity contribution in [1.29, 1.82) is 0 Å². The van der Waals surface area contributed by atoms with E-state index in [2.05, 4.69) is 0 Å². The van der Waals surface area contributed by atoms with Gasteiger partial charge in [-0.1, -0.05) is 6.08 Å². The quantitative estimate of drug-likeness (QED) is 0.139. The van der Waals surface area contributed by atoms with E-state index in [0.29, 0.717) is 12.0 Å². The Bertz CT molecular complexity index is 1110. The Labute approximate surface area is 230 Å². The lowest BCUT2D eigenvalue weighted by atomic mass is 9.80. The first-order chi connectivity index (χ1) is 19.2. The third kappa shape index (κ3) is 6.24. The summed E-state index contributed by atoms with van der Waals surface area (Å²) in [5, 5.41) is 50.7. The number of carbonyl (C=O) groups is 2. The van der Waals surface area contributed by atoms with Crippen molar-refractivity contribution in [2.24, 2.45) is 17.8 Å². The lowest BCUT2D eigenvalue weighted by Gasteiger charge is -2.41. The standard InChI is InChI=1S/C27H34O13/c1-35-18-7-13(8-19(36-2)22(18)30)3-6-21(29)37-12-20-23(31)24(32)25(33)27(40-20)39-11-17-15-5-4-14(9-28)16(15)10-38-26(17)34/h3-4,6-8,15-17,20,23-25,27-28,30-33H,5,9-12H2,1-2H3/b6-3+/t15-,16+,17+,20+,23+,24-,25+,27+/m0/s1. The number of phenolic OH excluding ortho intramolecular Hbond substituents is 1. The predicted octanol–water partition coefficient (Wildman–Crippen LogP) is -0.482. The summed E-state index contributed by atoms with van der Waals surface area (Å²) in [6.45, 7) is -0.620. The average Bonchev–Trinajstić information content (AvgIpc) is 3.38. The van der Waals surface area contributed by atoms with Crippen molar-refractivity contribution in [3.63, 3.8) is 0 Å². The van der Waals surface area contributed by atoms with Crippen LogP contribution in [0.25, 0.3) is 6.08 Å². The van der Waals surface area contributed by atoms with Crippen LogP contribution in [-0.2, 0) is 28.5 Å². The van der Waals surface area contributed by atoms with Crippen molar-refractivity contribution in [2.45, 2.75) is 37.1 Å². The minimum Gasteiger partial charge on any atom is -0.502 e. The molecule has 2 fully saturated rings. The number of aliphatic hydroxyl groups is 4. The predicted molar refractivity (Wildman–Crippen MR) is 135 cm³/mol. The number of rotatable bonds is 10. The van der Waals surface area contributed by atoms with Crippen molar-refractivity contribution in [3.05, 3.63) is 35.4 Å². The molecular formula is C27H34O13. The molecule has 5 N–H and O–H groups in total. The molecule has 3 aliphatic rings. The Morgan fingerprint density at radius 3 is 2.42 bits per heavy atom. The van der Waals surface area contributed by atoms with Crippen LogP contribution >= 0.6 is 0 Å². The zero-order valence-corrected chi connectivity index (χ0v) is 22.0. The van der Waals surface area contributed by atoms with Gasteiger partial charge < -0.3 is 54.0 Å². The molecule has 0 amide bonds. The number of fused-ring (bicyclic) bond motifs is 1. The molecule has 0 saturated carbocycles. The van der Waals surface area contributed by atoms with E-state index < -0.39 is 55.2 Å². The van der Waals surface area contributed by atoms with Gasteiger partial charge in [-0.15, -0.1) is 0 Å². The van der Waals surface area contributed by atoms with Gasteiger partial charge in [-0.05, 0) is 41.7 Å². The first-order valence-electron chi connectivity index (χ1n) is 12.8. The number of allylic oxidation sites excluding steroid dienone is 1. The smallest absolute Gasteiger partial charge is 0.330 e. The summed E-state index contributed by atoms with van der Waals surface area (Å²) in [5.41, 5.74) is 1.27. The van der Waals surface area contributed by atoms with Crippen LogP contribution in [0.3, 0.4) is 0 Å². The molecule has 2 heterocycles. The number of hydrogen-bond donors (Lipinski definition) is 5. The molecule has 0 aromatic heterocycles. The van der Waals surface area contributed by atoms with Gasteiger partial charge in [0.25, 0.3) is 0 Å². The SMILES string of the molecule is COc1cc(/C=C/C(=O)OC[C@H]2O[C@@H](OC[C@H]3C(=O)OC[C@@H]4C(CO)=CC[C@@H]43)[C@H](O)[C@@H](O)[C@@H]2O)cc(OC)c1O. The van der Waals surface area contributed by atoms with Gasteiger partial charge in [-0.2, -0.15) is 0 Å². The summed E-state index contributed by atoms with van der Waals surface area (Å²) in [5.74, 6) is -2.13. The first kappa shape index (κ1) is 29.8. The molecule has 2 saturated heterocycles. The summed E-state index contributed by atoms with van der Waals surface area (Å²) in [6, 6.07) is 2.96. The fourth-order valence-electron chi connectivity index (χ4n) is 5.16. The van der Waals surface area contributed by atoms with E-state index in [1.807, 2.05) is 6.08 Å². The van der Waals surface area contributed by atoms with Crippen molar-refractivity contribution >= 4 is 18.0 Å². The number of carbonyl (C=O) groups excluding carboxylic acids is 2. The number of esters is 2. The van der Waals surface area contributed by atoms with E-state index in [4.69, 9.17) is 28.4 Å². The van der Waals surface area contributed by atoms with Gasteiger partial charge in [0.15, 0.2) is 17.8 Å². The third-order valence-corrected chi connectivity index (χ3v) is 7.47. The Hall–Kier alpha value is -3.20. The van der Waals surface area contributed by atoms with Crippen LogP contribution in [0.1, 0.15) is 12.0 Å². The van der Waals surface area contributed by atoms with Gasteiger partial charge in [0.1, 0.15) is 31.0 Å². The molecule has 0 radical (unpaired) electrons. The highest BCUT2D eigenvalue weighted by Gasteiger charge is 2.47. The van der Waals surface area contributed by atoms with Gasteiger partial charge in [-0.3, -0.25) is 4.79 Å². The van der Waals surface area contributed by atoms with Crippen LogP contribution in [0, 0.1) is 17.8 Å². The van der Waals surface area contributed by atoms with Crippen molar-refractivity contribution in [3.8, 4) is 17.2 Å². The zero-order chi connectivity index (χ0) is 29.0. The van der Waals surface area contributed by atoms with E-state index in [1.54, 1.807) is 0 Å². The topological polar surface area (TPSA) is 191 Å². The molecule has 1 aliphatic carbocycles. The molecule has 0 spiro atoms. The van der Waals surface area contributed by atoms with Crippen molar-refractivity contribution < 1.29 is 63.5 Å². The Kier molecular flexibility index (Phi) is 9.66. The van der Waals surface area contributed by atoms with E-state index in [0.717, 1.165) is 11.6 Å². The largest absolute Gasteiger partial charge is 0.502 e. The van der Waals surface area contributed by atoms with Crippen LogP contribution in [0.4, 0.5) is 0 Å². The number of aliphatic hydroxyl groups excluding tert-OH is 4. The number of benzene rings is 1. The molecule has 1 aromatic carbocycles. The molecule has 0 bridgehead atoms. The molecular weight excluding hydrogens is 532 g/mol. The monoisotopic (exact) mass is 566 g/mol. The second kappa shape index (κ2) is 13.0. The highest BCUT2D eigenvalue weighted by atomic mass is 16.7. The zero-order valence-electron chi connectivity index (χ0n) is 22.0. The molecule has 1 aromatic rings. The summed E-state index contributed by atoms with van der Waals surface area (Å²) in [6.07, 6.45) is -2.62. The number of aromatic hydroxyl groups is 1. The first-order valence-corrected chi connectivity index (χ1v) is 12.8. The maximum absolute atomic E-state index is 12.4. The molecule has 220 valence electrons. The molecule has 2 aliphatic heterocycles. The van der Waals surface area contributed by atoms with E-state index >= 15 is 0 Å². The number of cyclic esters (lactones) is 1. The summed E-state index contributed by atoms with van der Waals surface area (Å²) in [4.78, 5) is 24.7. The lowest BCUT2D eigenvalue weighted by molar-refractivity contribution is -0.304. The molecule has 13 heteroatoms. The minimum atomic E-state index is -1.67. The van der Waals surface area contributed by atoms with E-state index in [9.17, 15) is 35.1 Å². The third-order valence-electron chi connectivity index (χ3n) is 7.47. The minimum absolute atomic E-state index is 0.120. The highest BCUT2D eigenvalue weighted by molar-refractivity contribution is 5.87. The Morgan fingerprint density at radius 1 is 1.07 bits per heavy atom. The van der Waals surface area contributed by atoms with Gasteiger partial charge in [0, 0.05) is 12.0 Å². The Balaban J connectivity index is 1.34. The van der Waals surface area contributed by atoms with Gasteiger partial charge >= 0.3 is 11.9 Å². The number of ether oxygens (including phenoxy) is 6. The average molecular weight is 567 g/mol. The van der Waals surface area contributed by atoms with Crippen LogP contribution in [0.5, 0.6) is 17.2 Å². The van der Waals surface area contributed by atoms with Crippen molar-refractivity contribution in [1.82, 2.24) is 0 Å². The summed E-state index contributed by atoms with van der Waals surface area (Å²) < 4.78 is 31.8. The Morgan fingerprint density at radius 2 is 1.77 bits per heavy atom. The normalized spacial score (nSPS) is 31.9. The highest BCUT2D eigenvalue weighted by Crippen LogP contribution is 2.41. The molecule has 40 heavy (non-hydrogen) atoms. The second-order valence-electron chi connectivity index (χ2n) is 9.77. The van der Waals surface area contributed by atoms with E-state index in [-0.39, 0.29) is 48.9 Å². The number of methoxy groups -OCH3 is 2. The maximum atomic E-state index is 12.4. The number of phenols is 1. The van der Waals surface area contributed by atoms with Gasteiger partial charge in [0.05, 0.1) is 40.0 Å². The molecule has 13 nitrogen and oxygen atoms in total. The van der Waals surface area contributed by atoms with Gasteiger partial charge in [0.2, 0.25) is 5.75 Å². The van der Waals surface area contributed by atoms with Crippen LogP contribution < -0.4 is 9.47 Å². The van der Waals surface area contributed by atoms with Crippen LogP contribution in [0.15, 0.2) is 29.9 Å².